The number of likely N-dealkylation sites (N-methyl/N-ethyl adjacent to an activating group) is 1. The second-order valence-corrected chi connectivity index (χ2v) is 6.85. The van der Waals surface area contributed by atoms with Crippen LogP contribution in [-0.2, 0) is 6.42 Å². The first-order valence-electron chi connectivity index (χ1n) is 8.12. The molecule has 0 aliphatic carbocycles. The number of aromatic carboxylic acids is 1. The number of fused-ring (bicyclic) bond motifs is 1. The SMILES string of the molecule is COc1ccc(CCN(C)c2nc3[nH]cc(C(=O)O)c(=O)c3s2)cc1OC. The van der Waals surface area contributed by atoms with E-state index in [9.17, 15) is 9.59 Å². The Balaban J connectivity index is 1.78. The maximum absolute atomic E-state index is 12.2. The van der Waals surface area contributed by atoms with Crippen LogP contribution in [0.15, 0.2) is 29.2 Å². The molecule has 2 heterocycles. The fourth-order valence-electron chi connectivity index (χ4n) is 2.64. The topological polar surface area (TPSA) is 105 Å². The second-order valence-electron chi connectivity index (χ2n) is 5.87. The highest BCUT2D eigenvalue weighted by atomic mass is 32.1. The molecule has 142 valence electrons. The number of ether oxygens (including phenoxy) is 2. The Bertz CT molecular complexity index is 1040. The first kappa shape index (κ1) is 18.7. The molecule has 9 heteroatoms. The fourth-order valence-corrected chi connectivity index (χ4v) is 3.61. The number of hydrogen-bond donors (Lipinski definition) is 2. The number of nitrogens with zero attached hydrogens (tertiary/aromatic N) is 2. The monoisotopic (exact) mass is 389 g/mol. The normalized spacial score (nSPS) is 10.8. The van der Waals surface area contributed by atoms with Gasteiger partial charge >= 0.3 is 5.97 Å². The molecule has 0 atom stereocenters. The predicted octanol–water partition coefficient (Wildman–Crippen LogP) is 2.38. The Labute approximate surface area is 159 Å². The standard InChI is InChI=1S/C18H19N3O5S/c1-21(7-6-10-4-5-12(25-2)13(8-10)26-3)18-20-16-15(27-18)14(22)11(9-19-16)17(23)24/h4-5,8-9H,6-7H2,1-3H3,(H,19,22)(H,23,24). The zero-order valence-corrected chi connectivity index (χ0v) is 15.9. The fraction of sp³-hybridized carbons (Fsp3) is 0.278. The van der Waals surface area contributed by atoms with Crippen LogP contribution in [-0.4, -0.2) is 48.9 Å². The van der Waals surface area contributed by atoms with E-state index in [4.69, 9.17) is 14.6 Å². The molecule has 0 fully saturated rings. The number of carboxylic acid groups (broad SMARTS) is 1. The van der Waals surface area contributed by atoms with Crippen LogP contribution in [0.2, 0.25) is 0 Å². The third kappa shape index (κ3) is 3.72. The van der Waals surface area contributed by atoms with Crippen molar-refractivity contribution in [1.82, 2.24) is 9.97 Å². The first-order chi connectivity index (χ1) is 12.9. The zero-order valence-electron chi connectivity index (χ0n) is 15.1. The molecule has 2 aromatic heterocycles. The van der Waals surface area contributed by atoms with E-state index in [0.717, 1.165) is 12.0 Å². The van der Waals surface area contributed by atoms with E-state index in [0.29, 0.717) is 33.5 Å². The Morgan fingerprint density at radius 1 is 1.30 bits per heavy atom. The van der Waals surface area contributed by atoms with E-state index >= 15 is 0 Å². The molecule has 0 saturated carbocycles. The molecular formula is C18H19N3O5S. The van der Waals surface area contributed by atoms with Crippen LogP contribution in [0.4, 0.5) is 5.13 Å². The lowest BCUT2D eigenvalue weighted by Gasteiger charge is -2.16. The first-order valence-corrected chi connectivity index (χ1v) is 8.93. The summed E-state index contributed by atoms with van der Waals surface area (Å²) in [4.78, 5) is 32.4. The average Bonchev–Trinajstić information content (AvgIpc) is 3.11. The molecule has 0 amide bonds. The average molecular weight is 389 g/mol. The maximum atomic E-state index is 12.2. The van der Waals surface area contributed by atoms with Crippen LogP contribution in [0.5, 0.6) is 11.5 Å². The van der Waals surface area contributed by atoms with Gasteiger partial charge in [0.05, 0.1) is 14.2 Å². The molecule has 8 nitrogen and oxygen atoms in total. The number of aromatic nitrogens is 2. The Morgan fingerprint density at radius 3 is 2.70 bits per heavy atom. The molecule has 27 heavy (non-hydrogen) atoms. The molecule has 2 N–H and O–H groups in total. The van der Waals surface area contributed by atoms with Crippen molar-refractivity contribution in [2.45, 2.75) is 6.42 Å². The number of methoxy groups -OCH3 is 2. The highest BCUT2D eigenvalue weighted by molar-refractivity contribution is 7.22. The van der Waals surface area contributed by atoms with Gasteiger partial charge in [-0.25, -0.2) is 9.78 Å². The molecule has 0 unspecified atom stereocenters. The van der Waals surface area contributed by atoms with Crippen LogP contribution in [0, 0.1) is 0 Å². The number of aromatic amines is 1. The maximum Gasteiger partial charge on any atom is 0.341 e. The van der Waals surface area contributed by atoms with Gasteiger partial charge in [-0.1, -0.05) is 17.4 Å². The van der Waals surface area contributed by atoms with Gasteiger partial charge in [-0.2, -0.15) is 0 Å². The summed E-state index contributed by atoms with van der Waals surface area (Å²) < 4.78 is 10.9. The summed E-state index contributed by atoms with van der Waals surface area (Å²) in [6.45, 7) is 0.662. The number of carbonyl (C=O) groups is 1. The lowest BCUT2D eigenvalue weighted by molar-refractivity contribution is 0.0695. The molecule has 3 rings (SSSR count). The summed E-state index contributed by atoms with van der Waals surface area (Å²) >= 11 is 1.18. The van der Waals surface area contributed by atoms with Gasteiger partial charge in [0.25, 0.3) is 0 Å². The highest BCUT2D eigenvalue weighted by Crippen LogP contribution is 2.28. The molecule has 0 saturated heterocycles. The van der Waals surface area contributed by atoms with Gasteiger partial charge in [0, 0.05) is 19.8 Å². The molecular weight excluding hydrogens is 370 g/mol. The van der Waals surface area contributed by atoms with Crippen molar-refractivity contribution in [3.05, 3.63) is 45.7 Å². The summed E-state index contributed by atoms with van der Waals surface area (Å²) in [5.41, 5.74) is 0.659. The van der Waals surface area contributed by atoms with Gasteiger partial charge in [-0.05, 0) is 24.1 Å². The minimum absolute atomic E-state index is 0.286. The van der Waals surface area contributed by atoms with Gasteiger partial charge in [0.1, 0.15) is 10.3 Å². The lowest BCUT2D eigenvalue weighted by Crippen LogP contribution is -2.20. The molecule has 0 aliphatic rings. The number of hydrogen-bond acceptors (Lipinski definition) is 7. The smallest absolute Gasteiger partial charge is 0.341 e. The molecule has 3 aromatic rings. The van der Waals surface area contributed by atoms with Gasteiger partial charge in [-0.15, -0.1) is 0 Å². The lowest BCUT2D eigenvalue weighted by atomic mass is 10.1. The van der Waals surface area contributed by atoms with E-state index < -0.39 is 11.4 Å². The van der Waals surface area contributed by atoms with Crippen LogP contribution >= 0.6 is 11.3 Å². The third-order valence-corrected chi connectivity index (χ3v) is 5.33. The van der Waals surface area contributed by atoms with E-state index in [1.54, 1.807) is 14.2 Å². The van der Waals surface area contributed by atoms with Gasteiger partial charge in [-0.3, -0.25) is 4.79 Å². The van der Waals surface area contributed by atoms with Crippen molar-refractivity contribution in [3.8, 4) is 11.5 Å². The van der Waals surface area contributed by atoms with Crippen molar-refractivity contribution in [3.63, 3.8) is 0 Å². The van der Waals surface area contributed by atoms with E-state index in [1.165, 1.54) is 17.5 Å². The Morgan fingerprint density at radius 2 is 2.04 bits per heavy atom. The van der Waals surface area contributed by atoms with Crippen molar-refractivity contribution < 1.29 is 19.4 Å². The van der Waals surface area contributed by atoms with Gasteiger partial charge in [0.2, 0.25) is 5.43 Å². The van der Waals surface area contributed by atoms with Crippen molar-refractivity contribution in [2.75, 3.05) is 32.7 Å². The predicted molar refractivity (Wildman–Crippen MR) is 104 cm³/mol. The van der Waals surface area contributed by atoms with E-state index in [-0.39, 0.29) is 5.56 Å². The number of thiazole rings is 1. The number of benzene rings is 1. The molecule has 0 aliphatic heterocycles. The molecule has 1 aromatic carbocycles. The third-order valence-electron chi connectivity index (χ3n) is 4.16. The Kier molecular flexibility index (Phi) is 5.31. The minimum atomic E-state index is -1.25. The quantitative estimate of drug-likeness (QED) is 0.639. The van der Waals surface area contributed by atoms with Gasteiger partial charge in [0.15, 0.2) is 22.3 Å². The number of rotatable bonds is 7. The molecule has 0 spiro atoms. The van der Waals surface area contributed by atoms with E-state index in [1.807, 2.05) is 30.1 Å². The van der Waals surface area contributed by atoms with E-state index in [2.05, 4.69) is 9.97 Å². The zero-order chi connectivity index (χ0) is 19.6. The number of H-pyrrole nitrogens is 1. The minimum Gasteiger partial charge on any atom is -0.493 e. The summed E-state index contributed by atoms with van der Waals surface area (Å²) in [6.07, 6.45) is 1.92. The Hall–Kier alpha value is -3.07. The molecule has 0 radical (unpaired) electrons. The second kappa shape index (κ2) is 7.67. The summed E-state index contributed by atoms with van der Waals surface area (Å²) in [6, 6.07) is 5.75. The number of nitrogens with one attached hydrogen (secondary N) is 1. The molecule has 0 bridgehead atoms. The van der Waals surface area contributed by atoms with Gasteiger partial charge < -0.3 is 24.5 Å². The van der Waals surface area contributed by atoms with Crippen molar-refractivity contribution in [2.24, 2.45) is 0 Å². The number of pyridine rings is 1. The van der Waals surface area contributed by atoms with Crippen molar-refractivity contribution in [1.29, 1.82) is 0 Å². The summed E-state index contributed by atoms with van der Waals surface area (Å²) in [7, 11) is 5.06. The van der Waals surface area contributed by atoms with Crippen molar-refractivity contribution >= 4 is 32.8 Å². The summed E-state index contributed by atoms with van der Waals surface area (Å²) in [5, 5.41) is 9.71. The van der Waals surface area contributed by atoms with Crippen LogP contribution in [0.25, 0.3) is 10.3 Å². The summed E-state index contributed by atoms with van der Waals surface area (Å²) in [5.74, 6) is 0.0906. The van der Waals surface area contributed by atoms with Crippen LogP contribution in [0.3, 0.4) is 0 Å². The van der Waals surface area contributed by atoms with Crippen LogP contribution in [0.1, 0.15) is 15.9 Å². The number of carboxylic acids is 1. The van der Waals surface area contributed by atoms with Crippen LogP contribution < -0.4 is 19.8 Å². The largest absolute Gasteiger partial charge is 0.493 e. The number of anilines is 1. The highest BCUT2D eigenvalue weighted by Gasteiger charge is 2.16.